The van der Waals surface area contributed by atoms with E-state index in [1.54, 1.807) is 0 Å². The highest BCUT2D eigenvalue weighted by Gasteiger charge is 2.19. The molecule has 1 saturated heterocycles. The maximum atomic E-state index is 12.1. The van der Waals surface area contributed by atoms with E-state index in [0.717, 1.165) is 44.1 Å². The van der Waals surface area contributed by atoms with Crippen molar-refractivity contribution in [2.24, 2.45) is 5.92 Å². The molecule has 1 aromatic rings. The summed E-state index contributed by atoms with van der Waals surface area (Å²) in [6, 6.07) is 8.00. The molecule has 2 N–H and O–H groups in total. The Hall–Kier alpha value is -1.55. The van der Waals surface area contributed by atoms with Crippen molar-refractivity contribution in [3.05, 3.63) is 29.8 Å². The molecule has 0 unspecified atom stereocenters. The van der Waals surface area contributed by atoms with E-state index in [-0.39, 0.29) is 6.03 Å². The molecule has 4 nitrogen and oxygen atoms in total. The molecule has 1 aliphatic rings. The van der Waals surface area contributed by atoms with Gasteiger partial charge in [-0.25, -0.2) is 4.79 Å². The van der Waals surface area contributed by atoms with E-state index in [1.807, 2.05) is 36.2 Å². The number of likely N-dealkylation sites (tertiary alicyclic amines) is 1. The molecule has 104 valence electrons. The Balaban J connectivity index is 1.88. The lowest BCUT2D eigenvalue weighted by Gasteiger charge is -2.30. The molecule has 0 saturated carbocycles. The van der Waals surface area contributed by atoms with Gasteiger partial charge in [-0.2, -0.15) is 0 Å². The molecule has 0 spiro atoms. The summed E-state index contributed by atoms with van der Waals surface area (Å²) in [5.74, 6) is 0.741. The van der Waals surface area contributed by atoms with E-state index in [4.69, 9.17) is 0 Å². The second-order valence-corrected chi connectivity index (χ2v) is 5.33. The largest absolute Gasteiger partial charge is 0.325 e. The number of urea groups is 1. The summed E-state index contributed by atoms with van der Waals surface area (Å²) in [4.78, 5) is 14.0. The van der Waals surface area contributed by atoms with Crippen molar-refractivity contribution < 1.29 is 4.79 Å². The molecule has 1 heterocycles. The predicted octanol–water partition coefficient (Wildman–Crippen LogP) is 2.67. The molecule has 4 heteroatoms. The number of carbonyl (C=O) groups excluding carboxylic acids is 1. The molecule has 0 aliphatic carbocycles. The topological polar surface area (TPSA) is 44.4 Å². The summed E-state index contributed by atoms with van der Waals surface area (Å²) in [5, 5.41) is 6.07. The van der Waals surface area contributed by atoms with Gasteiger partial charge in [0, 0.05) is 25.3 Å². The fraction of sp³-hybridized carbons (Fsp3) is 0.533. The fourth-order valence-corrected chi connectivity index (χ4v) is 2.32. The van der Waals surface area contributed by atoms with Crippen LogP contribution in [0.3, 0.4) is 0 Å². The average Bonchev–Trinajstić information content (AvgIpc) is 2.42. The number of benzene rings is 1. The zero-order valence-corrected chi connectivity index (χ0v) is 11.8. The van der Waals surface area contributed by atoms with Crippen LogP contribution in [0.2, 0.25) is 0 Å². The third-order valence-corrected chi connectivity index (χ3v) is 3.66. The standard InChI is InChI=1S/C15H23N3O/c1-12-7-9-18(10-8-12)15(19)17-14-5-3-13(4-6-14)11-16-2/h3-6,12,16H,7-11H2,1-2H3,(H,17,19). The summed E-state index contributed by atoms with van der Waals surface area (Å²) in [6.45, 7) is 4.82. The third kappa shape index (κ3) is 3.96. The summed E-state index contributed by atoms with van der Waals surface area (Å²) >= 11 is 0. The second-order valence-electron chi connectivity index (χ2n) is 5.33. The first-order valence-corrected chi connectivity index (χ1v) is 6.98. The van der Waals surface area contributed by atoms with Crippen LogP contribution in [-0.4, -0.2) is 31.1 Å². The molecular weight excluding hydrogens is 238 g/mol. The van der Waals surface area contributed by atoms with Crippen molar-refractivity contribution >= 4 is 11.7 Å². The van der Waals surface area contributed by atoms with Crippen molar-refractivity contribution in [1.82, 2.24) is 10.2 Å². The Kier molecular flexibility index (Phi) is 4.80. The number of nitrogens with one attached hydrogen (secondary N) is 2. The normalized spacial score (nSPS) is 16.4. The van der Waals surface area contributed by atoms with Crippen molar-refractivity contribution in [1.29, 1.82) is 0 Å². The van der Waals surface area contributed by atoms with E-state index in [0.29, 0.717) is 0 Å². The minimum atomic E-state index is 0.0215. The molecular formula is C15H23N3O. The van der Waals surface area contributed by atoms with Gasteiger partial charge >= 0.3 is 6.03 Å². The van der Waals surface area contributed by atoms with Crippen LogP contribution < -0.4 is 10.6 Å². The Morgan fingerprint density at radius 2 is 1.89 bits per heavy atom. The van der Waals surface area contributed by atoms with Gasteiger partial charge < -0.3 is 15.5 Å². The number of anilines is 1. The molecule has 1 fully saturated rings. The molecule has 2 amide bonds. The molecule has 0 aromatic heterocycles. The van der Waals surface area contributed by atoms with Crippen LogP contribution in [-0.2, 0) is 6.54 Å². The van der Waals surface area contributed by atoms with Crippen LogP contribution in [0.5, 0.6) is 0 Å². The third-order valence-electron chi connectivity index (χ3n) is 3.66. The van der Waals surface area contributed by atoms with Crippen LogP contribution in [0.1, 0.15) is 25.3 Å². The Bertz CT molecular complexity index is 408. The minimum Gasteiger partial charge on any atom is -0.325 e. The number of nitrogens with zero attached hydrogens (tertiary/aromatic N) is 1. The monoisotopic (exact) mass is 261 g/mol. The average molecular weight is 261 g/mol. The van der Waals surface area contributed by atoms with Crippen molar-refractivity contribution in [2.75, 3.05) is 25.5 Å². The summed E-state index contributed by atoms with van der Waals surface area (Å²) in [7, 11) is 1.92. The quantitative estimate of drug-likeness (QED) is 0.878. The number of carbonyl (C=O) groups is 1. The van der Waals surface area contributed by atoms with E-state index in [1.165, 1.54) is 5.56 Å². The maximum absolute atomic E-state index is 12.1. The van der Waals surface area contributed by atoms with Gasteiger partial charge in [-0.3, -0.25) is 0 Å². The van der Waals surface area contributed by atoms with Crippen molar-refractivity contribution in [2.45, 2.75) is 26.3 Å². The van der Waals surface area contributed by atoms with E-state index in [9.17, 15) is 4.79 Å². The Labute approximate surface area is 115 Å². The molecule has 0 atom stereocenters. The molecule has 0 bridgehead atoms. The highest BCUT2D eigenvalue weighted by molar-refractivity contribution is 5.89. The lowest BCUT2D eigenvalue weighted by Crippen LogP contribution is -2.40. The first-order chi connectivity index (χ1) is 9.19. The Morgan fingerprint density at radius 1 is 1.26 bits per heavy atom. The van der Waals surface area contributed by atoms with Gasteiger partial charge in [-0.1, -0.05) is 19.1 Å². The highest BCUT2D eigenvalue weighted by Crippen LogP contribution is 2.17. The molecule has 1 aliphatic heterocycles. The zero-order valence-electron chi connectivity index (χ0n) is 11.8. The van der Waals surface area contributed by atoms with Gasteiger partial charge in [0.2, 0.25) is 0 Å². The van der Waals surface area contributed by atoms with E-state index >= 15 is 0 Å². The number of piperidine rings is 1. The van der Waals surface area contributed by atoms with Crippen molar-refractivity contribution in [3.8, 4) is 0 Å². The van der Waals surface area contributed by atoms with Gasteiger partial charge in [0.1, 0.15) is 0 Å². The fourth-order valence-electron chi connectivity index (χ4n) is 2.32. The van der Waals surface area contributed by atoms with Gasteiger partial charge in [0.25, 0.3) is 0 Å². The summed E-state index contributed by atoms with van der Waals surface area (Å²) < 4.78 is 0. The number of amides is 2. The van der Waals surface area contributed by atoms with Gasteiger partial charge in [-0.15, -0.1) is 0 Å². The van der Waals surface area contributed by atoms with Crippen LogP contribution in [0.15, 0.2) is 24.3 Å². The minimum absolute atomic E-state index is 0.0215. The number of rotatable bonds is 3. The van der Waals surface area contributed by atoms with E-state index in [2.05, 4.69) is 17.6 Å². The first-order valence-electron chi connectivity index (χ1n) is 6.98. The smallest absolute Gasteiger partial charge is 0.321 e. The maximum Gasteiger partial charge on any atom is 0.321 e. The lowest BCUT2D eigenvalue weighted by molar-refractivity contribution is 0.186. The predicted molar refractivity (Wildman–Crippen MR) is 78.2 cm³/mol. The van der Waals surface area contributed by atoms with Crippen molar-refractivity contribution in [3.63, 3.8) is 0 Å². The molecule has 0 radical (unpaired) electrons. The highest BCUT2D eigenvalue weighted by atomic mass is 16.2. The first kappa shape index (κ1) is 13.9. The Morgan fingerprint density at radius 3 is 2.47 bits per heavy atom. The lowest BCUT2D eigenvalue weighted by atomic mass is 10.00. The SMILES string of the molecule is CNCc1ccc(NC(=O)N2CCC(C)CC2)cc1. The molecule has 2 rings (SSSR count). The van der Waals surface area contributed by atoms with Gasteiger partial charge in [0.05, 0.1) is 0 Å². The van der Waals surface area contributed by atoms with E-state index < -0.39 is 0 Å². The zero-order chi connectivity index (χ0) is 13.7. The van der Waals surface area contributed by atoms with Crippen LogP contribution in [0, 0.1) is 5.92 Å². The molecule has 1 aromatic carbocycles. The number of hydrogen-bond donors (Lipinski definition) is 2. The number of hydrogen-bond acceptors (Lipinski definition) is 2. The van der Waals surface area contributed by atoms with Gasteiger partial charge in [0.15, 0.2) is 0 Å². The summed E-state index contributed by atoms with van der Waals surface area (Å²) in [6.07, 6.45) is 2.21. The van der Waals surface area contributed by atoms with Crippen LogP contribution in [0.4, 0.5) is 10.5 Å². The molecule has 19 heavy (non-hydrogen) atoms. The van der Waals surface area contributed by atoms with Crippen LogP contribution >= 0.6 is 0 Å². The van der Waals surface area contributed by atoms with Gasteiger partial charge in [-0.05, 0) is 43.5 Å². The second kappa shape index (κ2) is 6.57. The van der Waals surface area contributed by atoms with Crippen LogP contribution in [0.25, 0.3) is 0 Å². The summed E-state index contributed by atoms with van der Waals surface area (Å²) in [5.41, 5.74) is 2.08.